The van der Waals surface area contributed by atoms with E-state index in [0.717, 1.165) is 0 Å². The normalized spacial score (nSPS) is 59.6. The predicted octanol–water partition coefficient (Wildman–Crippen LogP) is -0.765. The number of epoxide rings is 1. The van der Waals surface area contributed by atoms with Crippen LogP contribution in [0.2, 0.25) is 0 Å². The van der Waals surface area contributed by atoms with E-state index in [4.69, 9.17) is 17.3 Å². The van der Waals surface area contributed by atoms with Gasteiger partial charge in [-0.05, 0) is 0 Å². The van der Waals surface area contributed by atoms with Gasteiger partial charge >= 0.3 is 0 Å². The van der Waals surface area contributed by atoms with E-state index in [9.17, 15) is 5.11 Å². The minimum absolute atomic E-state index is 0.0255. The van der Waals surface area contributed by atoms with Gasteiger partial charge in [-0.3, -0.25) is 0 Å². The molecule has 1 N–H and O–H groups in total. The molecule has 2 heterocycles. The Kier molecular flexibility index (Phi) is 1.16. The van der Waals surface area contributed by atoms with Gasteiger partial charge in [0, 0.05) is 11.9 Å². The van der Waals surface area contributed by atoms with E-state index in [2.05, 4.69) is 0 Å². The van der Waals surface area contributed by atoms with Crippen molar-refractivity contribution < 1.29 is 14.6 Å². The molecule has 2 radical (unpaired) electrons. The largest absolute Gasteiger partial charge is 0.387 e. The number of hydrogen-bond donors (Lipinski definition) is 1. The lowest BCUT2D eigenvalue weighted by molar-refractivity contribution is -0.0625. The molecule has 4 heteroatoms. The van der Waals surface area contributed by atoms with Crippen LogP contribution in [0, 0.1) is 5.92 Å². The minimum Gasteiger partial charge on any atom is -0.387 e. The zero-order valence-electron chi connectivity index (χ0n) is 5.78. The number of hydrogen-bond acceptors (Lipinski definition) is 3. The van der Waals surface area contributed by atoms with Gasteiger partial charge in [-0.25, -0.2) is 0 Å². The molecule has 54 valence electrons. The van der Waals surface area contributed by atoms with Gasteiger partial charge in [-0.1, -0.05) is 6.92 Å². The Morgan fingerprint density at radius 3 is 2.50 bits per heavy atom. The number of ether oxygens (including phenoxy) is 2. The first-order valence-corrected chi connectivity index (χ1v) is 3.41. The third-order valence-electron chi connectivity index (χ3n) is 2.23. The average molecular weight is 140 g/mol. The fraction of sp³-hybridized carbons (Fsp3) is 1.00. The SMILES string of the molecule is [B]C1OC2(CO2)C(O)C1C. The molecule has 10 heavy (non-hydrogen) atoms. The molecule has 2 saturated heterocycles. The molecule has 0 aromatic heterocycles. The van der Waals surface area contributed by atoms with Crippen LogP contribution < -0.4 is 0 Å². The third-order valence-corrected chi connectivity index (χ3v) is 2.23. The maximum Gasteiger partial charge on any atom is 0.218 e. The van der Waals surface area contributed by atoms with Crippen molar-refractivity contribution >= 4 is 7.85 Å². The van der Waals surface area contributed by atoms with Crippen molar-refractivity contribution in [2.45, 2.75) is 24.8 Å². The summed E-state index contributed by atoms with van der Waals surface area (Å²) in [7, 11) is 5.52. The molecule has 1 spiro atoms. The second-order valence-corrected chi connectivity index (χ2v) is 2.99. The summed E-state index contributed by atoms with van der Waals surface area (Å²) in [6.45, 7) is 2.33. The van der Waals surface area contributed by atoms with Crippen LogP contribution >= 0.6 is 0 Å². The number of rotatable bonds is 0. The summed E-state index contributed by atoms with van der Waals surface area (Å²) in [6.07, 6.45) is -0.553. The van der Waals surface area contributed by atoms with Gasteiger partial charge < -0.3 is 14.6 Å². The lowest BCUT2D eigenvalue weighted by Crippen LogP contribution is -2.28. The Labute approximate surface area is 60.7 Å². The summed E-state index contributed by atoms with van der Waals surface area (Å²) in [5.41, 5.74) is 0. The van der Waals surface area contributed by atoms with Crippen molar-refractivity contribution in [1.29, 1.82) is 0 Å². The molecule has 2 rings (SSSR count). The molecule has 4 unspecified atom stereocenters. The molecule has 4 atom stereocenters. The van der Waals surface area contributed by atoms with Crippen LogP contribution in [0.5, 0.6) is 0 Å². The van der Waals surface area contributed by atoms with Crippen LogP contribution in [0.1, 0.15) is 6.92 Å². The summed E-state index contributed by atoms with van der Waals surface area (Å²) in [4.78, 5) is 0. The van der Waals surface area contributed by atoms with Gasteiger partial charge in [-0.15, -0.1) is 0 Å². The Morgan fingerprint density at radius 1 is 1.70 bits per heavy atom. The van der Waals surface area contributed by atoms with Crippen LogP contribution in [0.4, 0.5) is 0 Å². The van der Waals surface area contributed by atoms with Crippen LogP contribution in [0.25, 0.3) is 0 Å². The highest BCUT2D eigenvalue weighted by Crippen LogP contribution is 2.43. The monoisotopic (exact) mass is 140 g/mol. The van der Waals surface area contributed by atoms with Crippen LogP contribution in [-0.4, -0.2) is 37.5 Å². The van der Waals surface area contributed by atoms with Gasteiger partial charge in [0.05, 0.1) is 0 Å². The quantitative estimate of drug-likeness (QED) is 0.355. The standard InChI is InChI=1S/C6H9BO3/c1-3-4(8)6(2-9-6)10-5(3)7/h3-5,8H,2H2,1H3. The number of aliphatic hydroxyl groups excluding tert-OH is 1. The summed E-state index contributed by atoms with van der Waals surface area (Å²) >= 11 is 0. The van der Waals surface area contributed by atoms with Crippen molar-refractivity contribution in [2.75, 3.05) is 6.61 Å². The first-order valence-electron chi connectivity index (χ1n) is 3.41. The number of aliphatic hydroxyl groups is 1. The van der Waals surface area contributed by atoms with Crippen LogP contribution in [0.15, 0.2) is 0 Å². The second kappa shape index (κ2) is 1.75. The van der Waals surface area contributed by atoms with E-state index in [1.807, 2.05) is 6.92 Å². The summed E-state index contributed by atoms with van der Waals surface area (Å²) in [5.74, 6) is -0.749. The molecule has 0 amide bonds. The molecule has 0 bridgehead atoms. The first kappa shape index (κ1) is 6.64. The fourth-order valence-electron chi connectivity index (χ4n) is 1.30. The Morgan fingerprint density at radius 2 is 2.30 bits per heavy atom. The Hall–Kier alpha value is -0.0551. The third kappa shape index (κ3) is 0.668. The van der Waals surface area contributed by atoms with Gasteiger partial charge in [0.25, 0.3) is 0 Å². The van der Waals surface area contributed by atoms with Crippen LogP contribution in [0.3, 0.4) is 0 Å². The maximum absolute atomic E-state index is 9.43. The molecule has 0 aromatic carbocycles. The minimum atomic E-state index is -0.723. The van der Waals surface area contributed by atoms with Crippen molar-refractivity contribution in [3.63, 3.8) is 0 Å². The average Bonchev–Trinajstić information content (AvgIpc) is 2.62. The molecule has 0 saturated carbocycles. The summed E-state index contributed by atoms with van der Waals surface area (Å²) < 4.78 is 10.1. The predicted molar refractivity (Wildman–Crippen MR) is 34.5 cm³/mol. The molecular weight excluding hydrogens is 131 g/mol. The highest BCUT2D eigenvalue weighted by atomic mass is 16.8. The molecular formula is C6H9BO3. The van der Waals surface area contributed by atoms with Crippen molar-refractivity contribution in [1.82, 2.24) is 0 Å². The first-order chi connectivity index (χ1) is 4.66. The van der Waals surface area contributed by atoms with Gasteiger partial charge in [0.1, 0.15) is 20.6 Å². The van der Waals surface area contributed by atoms with E-state index in [-0.39, 0.29) is 11.9 Å². The highest BCUT2D eigenvalue weighted by Gasteiger charge is 2.61. The zero-order valence-corrected chi connectivity index (χ0v) is 5.78. The molecule has 2 aliphatic rings. The van der Waals surface area contributed by atoms with Crippen molar-refractivity contribution in [3.05, 3.63) is 0 Å². The second-order valence-electron chi connectivity index (χ2n) is 2.99. The summed E-state index contributed by atoms with van der Waals surface area (Å²) in [5, 5.41) is 9.43. The molecule has 3 nitrogen and oxygen atoms in total. The van der Waals surface area contributed by atoms with Gasteiger partial charge in [0.2, 0.25) is 5.79 Å². The zero-order chi connectivity index (χ0) is 7.35. The highest BCUT2D eigenvalue weighted by molar-refractivity contribution is 6.11. The molecule has 0 aromatic rings. The van der Waals surface area contributed by atoms with E-state index in [1.54, 1.807) is 0 Å². The lowest BCUT2D eigenvalue weighted by Gasteiger charge is -2.09. The Bertz CT molecular complexity index is 157. The van der Waals surface area contributed by atoms with E-state index in [0.29, 0.717) is 6.61 Å². The smallest absolute Gasteiger partial charge is 0.218 e. The van der Waals surface area contributed by atoms with Gasteiger partial charge in [0.15, 0.2) is 0 Å². The van der Waals surface area contributed by atoms with E-state index in [1.165, 1.54) is 0 Å². The molecule has 2 aliphatic heterocycles. The van der Waals surface area contributed by atoms with Crippen molar-refractivity contribution in [2.24, 2.45) is 5.92 Å². The molecule has 0 aliphatic carbocycles. The van der Waals surface area contributed by atoms with E-state index >= 15 is 0 Å². The molecule has 2 fully saturated rings. The topological polar surface area (TPSA) is 42.0 Å². The Balaban J connectivity index is 2.16. The summed E-state index contributed by atoms with van der Waals surface area (Å²) in [6, 6.07) is -0.377. The van der Waals surface area contributed by atoms with Crippen molar-refractivity contribution in [3.8, 4) is 0 Å². The van der Waals surface area contributed by atoms with E-state index < -0.39 is 11.9 Å². The van der Waals surface area contributed by atoms with Gasteiger partial charge in [-0.2, -0.15) is 0 Å². The van der Waals surface area contributed by atoms with Crippen LogP contribution in [-0.2, 0) is 9.47 Å². The maximum atomic E-state index is 9.43. The fourth-order valence-corrected chi connectivity index (χ4v) is 1.30. The lowest BCUT2D eigenvalue weighted by atomic mass is 9.86.